The highest BCUT2D eigenvalue weighted by Crippen LogP contribution is 2.13. The van der Waals surface area contributed by atoms with Gasteiger partial charge in [-0.15, -0.1) is 0 Å². The van der Waals surface area contributed by atoms with Crippen molar-refractivity contribution in [2.75, 3.05) is 0 Å². The van der Waals surface area contributed by atoms with Gasteiger partial charge in [-0.3, -0.25) is 4.68 Å². The van der Waals surface area contributed by atoms with Crippen molar-refractivity contribution in [3.63, 3.8) is 0 Å². The van der Waals surface area contributed by atoms with E-state index in [0.29, 0.717) is 0 Å². The van der Waals surface area contributed by atoms with Gasteiger partial charge in [0.25, 0.3) is 0 Å². The average Bonchev–Trinajstić information content (AvgIpc) is 2.73. The van der Waals surface area contributed by atoms with Gasteiger partial charge in [0.1, 0.15) is 0 Å². The van der Waals surface area contributed by atoms with Crippen molar-refractivity contribution in [1.29, 1.82) is 0 Å². The number of nitrogens with one attached hydrogen (secondary N) is 1. The molecule has 0 atom stereocenters. The van der Waals surface area contributed by atoms with Crippen LogP contribution in [0.4, 0.5) is 0 Å². The van der Waals surface area contributed by atoms with Crippen LogP contribution in [0.25, 0.3) is 11.4 Å². The highest BCUT2D eigenvalue weighted by atomic mass is 15.2. The third-order valence-corrected chi connectivity index (χ3v) is 2.48. The Morgan fingerprint density at radius 2 is 2.11 bits per heavy atom. The molecule has 0 aliphatic carbocycles. The SMILES string of the molecule is Cn1cc(-c2nccc(CNC(C)(C)C)n2)cn1. The van der Waals surface area contributed by atoms with Crippen LogP contribution in [-0.4, -0.2) is 25.3 Å². The molecule has 96 valence electrons. The first-order valence-electron chi connectivity index (χ1n) is 6.00. The largest absolute Gasteiger partial charge is 0.306 e. The molecule has 5 nitrogen and oxygen atoms in total. The predicted molar refractivity (Wildman–Crippen MR) is 70.8 cm³/mol. The summed E-state index contributed by atoms with van der Waals surface area (Å²) in [6.07, 6.45) is 5.47. The highest BCUT2D eigenvalue weighted by molar-refractivity contribution is 5.51. The van der Waals surface area contributed by atoms with E-state index in [9.17, 15) is 0 Å². The van der Waals surface area contributed by atoms with Crippen LogP contribution in [0.1, 0.15) is 26.5 Å². The zero-order valence-corrected chi connectivity index (χ0v) is 11.3. The summed E-state index contributed by atoms with van der Waals surface area (Å²) in [4.78, 5) is 8.81. The summed E-state index contributed by atoms with van der Waals surface area (Å²) < 4.78 is 1.75. The third kappa shape index (κ3) is 3.37. The lowest BCUT2D eigenvalue weighted by Crippen LogP contribution is -2.35. The summed E-state index contributed by atoms with van der Waals surface area (Å²) in [6, 6.07) is 1.93. The second kappa shape index (κ2) is 4.86. The molecule has 1 N–H and O–H groups in total. The molecule has 2 aromatic rings. The number of aromatic nitrogens is 4. The topological polar surface area (TPSA) is 55.6 Å². The summed E-state index contributed by atoms with van der Waals surface area (Å²) in [6.45, 7) is 7.14. The van der Waals surface area contributed by atoms with Gasteiger partial charge in [0.05, 0.1) is 17.5 Å². The molecule has 2 rings (SSSR count). The minimum absolute atomic E-state index is 0.0828. The van der Waals surface area contributed by atoms with Crippen LogP contribution in [0, 0.1) is 0 Å². The molecule has 0 radical (unpaired) electrons. The van der Waals surface area contributed by atoms with Crippen LogP contribution in [-0.2, 0) is 13.6 Å². The predicted octanol–water partition coefficient (Wildman–Crippen LogP) is 1.77. The average molecular weight is 245 g/mol. The van der Waals surface area contributed by atoms with Crippen molar-refractivity contribution >= 4 is 0 Å². The maximum absolute atomic E-state index is 4.53. The van der Waals surface area contributed by atoms with Gasteiger partial charge < -0.3 is 5.32 Å². The Morgan fingerprint density at radius 3 is 2.72 bits per heavy atom. The van der Waals surface area contributed by atoms with E-state index in [0.717, 1.165) is 23.6 Å². The summed E-state index contributed by atoms with van der Waals surface area (Å²) in [7, 11) is 1.88. The van der Waals surface area contributed by atoms with E-state index in [1.807, 2.05) is 19.3 Å². The van der Waals surface area contributed by atoms with Gasteiger partial charge >= 0.3 is 0 Å². The normalized spacial score (nSPS) is 11.8. The van der Waals surface area contributed by atoms with Crippen molar-refractivity contribution in [3.05, 3.63) is 30.4 Å². The summed E-state index contributed by atoms with van der Waals surface area (Å²) >= 11 is 0. The molecule has 0 aliphatic heterocycles. The minimum atomic E-state index is 0.0828. The summed E-state index contributed by atoms with van der Waals surface area (Å²) in [5.74, 6) is 0.719. The Kier molecular flexibility index (Phi) is 3.43. The molecule has 0 bridgehead atoms. The maximum atomic E-state index is 4.53. The van der Waals surface area contributed by atoms with Crippen molar-refractivity contribution < 1.29 is 0 Å². The lowest BCUT2D eigenvalue weighted by Gasteiger charge is -2.20. The molecule has 0 aliphatic rings. The second-order valence-electron chi connectivity index (χ2n) is 5.38. The Morgan fingerprint density at radius 1 is 1.33 bits per heavy atom. The van der Waals surface area contributed by atoms with Crippen molar-refractivity contribution in [2.24, 2.45) is 7.05 Å². The first kappa shape index (κ1) is 12.7. The lowest BCUT2D eigenvalue weighted by molar-refractivity contribution is 0.421. The molecule has 0 fully saturated rings. The van der Waals surface area contributed by atoms with E-state index in [2.05, 4.69) is 41.2 Å². The molecule has 0 saturated heterocycles. The summed E-state index contributed by atoms with van der Waals surface area (Å²) in [5.41, 5.74) is 2.01. The van der Waals surface area contributed by atoms with Gasteiger partial charge in [-0.1, -0.05) is 0 Å². The van der Waals surface area contributed by atoms with Gasteiger partial charge in [-0.25, -0.2) is 9.97 Å². The smallest absolute Gasteiger partial charge is 0.162 e. The molecule has 0 aromatic carbocycles. The van der Waals surface area contributed by atoms with Gasteiger partial charge in [-0.2, -0.15) is 5.10 Å². The molecule has 18 heavy (non-hydrogen) atoms. The van der Waals surface area contributed by atoms with Crippen LogP contribution in [0.3, 0.4) is 0 Å². The molecule has 0 spiro atoms. The number of rotatable bonds is 3. The molecular weight excluding hydrogens is 226 g/mol. The van der Waals surface area contributed by atoms with Crippen molar-refractivity contribution in [3.8, 4) is 11.4 Å². The molecule has 2 aromatic heterocycles. The quantitative estimate of drug-likeness (QED) is 0.895. The fourth-order valence-electron chi connectivity index (χ4n) is 1.53. The van der Waals surface area contributed by atoms with Crippen molar-refractivity contribution in [2.45, 2.75) is 32.9 Å². The van der Waals surface area contributed by atoms with E-state index >= 15 is 0 Å². The molecule has 0 unspecified atom stereocenters. The fraction of sp³-hybridized carbons (Fsp3) is 0.462. The first-order chi connectivity index (χ1) is 8.44. The van der Waals surface area contributed by atoms with Crippen LogP contribution in [0.15, 0.2) is 24.7 Å². The Balaban J connectivity index is 2.15. The van der Waals surface area contributed by atoms with Gasteiger partial charge in [0.2, 0.25) is 0 Å². The molecule has 5 heteroatoms. The van der Waals surface area contributed by atoms with Crippen LogP contribution < -0.4 is 5.32 Å². The van der Waals surface area contributed by atoms with Crippen LogP contribution >= 0.6 is 0 Å². The molecule has 2 heterocycles. The van der Waals surface area contributed by atoms with E-state index in [4.69, 9.17) is 0 Å². The third-order valence-electron chi connectivity index (χ3n) is 2.48. The Bertz CT molecular complexity index is 524. The summed E-state index contributed by atoms with van der Waals surface area (Å²) in [5, 5.41) is 7.54. The Labute approximate surface area is 107 Å². The number of hydrogen-bond donors (Lipinski definition) is 1. The monoisotopic (exact) mass is 245 g/mol. The van der Waals surface area contributed by atoms with Gasteiger partial charge in [0.15, 0.2) is 5.82 Å². The van der Waals surface area contributed by atoms with Crippen molar-refractivity contribution in [1.82, 2.24) is 25.1 Å². The zero-order valence-electron chi connectivity index (χ0n) is 11.3. The number of aryl methyl sites for hydroxylation is 1. The van der Waals surface area contributed by atoms with Crippen LogP contribution in [0.5, 0.6) is 0 Å². The van der Waals surface area contributed by atoms with E-state index in [-0.39, 0.29) is 5.54 Å². The zero-order chi connectivity index (χ0) is 13.2. The first-order valence-corrected chi connectivity index (χ1v) is 6.00. The standard InChI is InChI=1S/C13H19N5/c1-13(2,3)15-8-11-5-6-14-12(17-11)10-7-16-18(4)9-10/h5-7,9,15H,8H2,1-4H3. The number of nitrogens with zero attached hydrogens (tertiary/aromatic N) is 4. The minimum Gasteiger partial charge on any atom is -0.306 e. The van der Waals surface area contributed by atoms with Gasteiger partial charge in [-0.05, 0) is 26.8 Å². The Hall–Kier alpha value is -1.75. The molecule has 0 saturated carbocycles. The molecule has 0 amide bonds. The fourth-order valence-corrected chi connectivity index (χ4v) is 1.53. The lowest BCUT2D eigenvalue weighted by atomic mass is 10.1. The van der Waals surface area contributed by atoms with Crippen LogP contribution in [0.2, 0.25) is 0 Å². The van der Waals surface area contributed by atoms with Gasteiger partial charge in [0, 0.05) is 31.5 Å². The van der Waals surface area contributed by atoms with E-state index in [1.165, 1.54) is 0 Å². The van der Waals surface area contributed by atoms with E-state index < -0.39 is 0 Å². The van der Waals surface area contributed by atoms with E-state index in [1.54, 1.807) is 17.1 Å². The molecular formula is C13H19N5. The maximum Gasteiger partial charge on any atom is 0.162 e. The second-order valence-corrected chi connectivity index (χ2v) is 5.38. The highest BCUT2D eigenvalue weighted by Gasteiger charge is 2.10. The number of hydrogen-bond acceptors (Lipinski definition) is 4.